The maximum Gasteiger partial charge on any atom is 0.228 e. The largest absolute Gasteiger partial charge is 0.497 e. The van der Waals surface area contributed by atoms with E-state index in [4.69, 9.17) is 21.1 Å². The smallest absolute Gasteiger partial charge is 0.228 e. The van der Waals surface area contributed by atoms with E-state index in [9.17, 15) is 9.59 Å². The predicted octanol–water partition coefficient (Wildman–Crippen LogP) is 7.64. The molecule has 1 saturated heterocycles. The lowest BCUT2D eigenvalue weighted by Gasteiger charge is -2.42. The first-order valence-electron chi connectivity index (χ1n) is 13.2. The Morgan fingerprint density at radius 1 is 1.10 bits per heavy atom. The summed E-state index contributed by atoms with van der Waals surface area (Å²) in [4.78, 5) is 30.7. The molecule has 0 spiro atoms. The number of ether oxygens (including phenoxy) is 2. The molecule has 3 aromatic carbocycles. The van der Waals surface area contributed by atoms with E-state index in [1.807, 2.05) is 66.5 Å². The van der Waals surface area contributed by atoms with E-state index in [0.717, 1.165) is 34.2 Å². The van der Waals surface area contributed by atoms with Crippen LogP contribution in [-0.4, -0.2) is 42.3 Å². The van der Waals surface area contributed by atoms with Crippen molar-refractivity contribution in [3.8, 4) is 17.2 Å². The van der Waals surface area contributed by atoms with Crippen molar-refractivity contribution in [3.05, 3.63) is 87.4 Å². The fourth-order valence-electron chi connectivity index (χ4n) is 5.04. The second-order valence-electron chi connectivity index (χ2n) is 9.81. The molecule has 0 N–H and O–H groups in total. The van der Waals surface area contributed by atoms with Gasteiger partial charge in [0.05, 0.1) is 19.1 Å². The average molecular weight is 614 g/mol. The zero-order chi connectivity index (χ0) is 27.9. The number of rotatable bonds is 10. The van der Waals surface area contributed by atoms with Gasteiger partial charge in [-0.05, 0) is 60.9 Å². The van der Waals surface area contributed by atoms with Crippen LogP contribution >= 0.6 is 27.5 Å². The second kappa shape index (κ2) is 13.4. The van der Waals surface area contributed by atoms with Crippen LogP contribution in [0.2, 0.25) is 5.02 Å². The van der Waals surface area contributed by atoms with Crippen LogP contribution in [0.5, 0.6) is 17.2 Å². The van der Waals surface area contributed by atoms with Gasteiger partial charge in [-0.15, -0.1) is 0 Å². The molecule has 4 rings (SSSR count). The van der Waals surface area contributed by atoms with E-state index in [1.165, 1.54) is 0 Å². The lowest BCUT2D eigenvalue weighted by Crippen LogP contribution is -2.48. The number of methoxy groups -OCH3 is 1. The second-order valence-corrected chi connectivity index (χ2v) is 11.2. The third-order valence-electron chi connectivity index (χ3n) is 7.07. The highest BCUT2D eigenvalue weighted by Crippen LogP contribution is 2.39. The zero-order valence-corrected chi connectivity index (χ0v) is 24.9. The van der Waals surface area contributed by atoms with Crippen LogP contribution in [-0.2, 0) is 16.1 Å². The molecule has 1 aliphatic rings. The summed E-state index contributed by atoms with van der Waals surface area (Å²) in [5.74, 6) is 1.74. The minimum absolute atomic E-state index is 0.00133. The van der Waals surface area contributed by atoms with E-state index in [-0.39, 0.29) is 23.8 Å². The van der Waals surface area contributed by atoms with E-state index < -0.39 is 0 Å². The number of carbonyl (C=O) groups is 2. The first kappa shape index (κ1) is 29.0. The van der Waals surface area contributed by atoms with Crippen LogP contribution in [0.3, 0.4) is 0 Å². The molecule has 1 fully saturated rings. The molecule has 6 nitrogen and oxygen atoms in total. The van der Waals surface area contributed by atoms with Crippen molar-refractivity contribution in [1.82, 2.24) is 9.80 Å². The SMILES string of the molecule is CCCCN1C(=O)CCC(C(=O)N(C)Cc2ccc(Br)cc2Oc2cccc(Cl)c2)C1c1ccc(OC)cc1. The Labute approximate surface area is 244 Å². The molecule has 0 aromatic heterocycles. The summed E-state index contributed by atoms with van der Waals surface area (Å²) in [6.45, 7) is 3.09. The monoisotopic (exact) mass is 612 g/mol. The topological polar surface area (TPSA) is 59.1 Å². The normalized spacial score (nSPS) is 17.2. The Balaban J connectivity index is 1.60. The molecule has 2 unspecified atom stereocenters. The number of hydrogen-bond donors (Lipinski definition) is 0. The average Bonchev–Trinajstić information content (AvgIpc) is 2.93. The van der Waals surface area contributed by atoms with Crippen molar-refractivity contribution < 1.29 is 19.1 Å². The van der Waals surface area contributed by atoms with Crippen LogP contribution in [0.25, 0.3) is 0 Å². The fourth-order valence-corrected chi connectivity index (χ4v) is 5.57. The maximum absolute atomic E-state index is 14.0. The lowest BCUT2D eigenvalue weighted by atomic mass is 9.83. The van der Waals surface area contributed by atoms with Crippen molar-refractivity contribution >= 4 is 39.3 Å². The Morgan fingerprint density at radius 3 is 2.56 bits per heavy atom. The number of amides is 2. The molecule has 0 bridgehead atoms. The molecule has 2 atom stereocenters. The molecule has 1 aliphatic heterocycles. The summed E-state index contributed by atoms with van der Waals surface area (Å²) in [7, 11) is 3.44. The number of carbonyl (C=O) groups excluding carboxylic acids is 2. The highest BCUT2D eigenvalue weighted by molar-refractivity contribution is 9.10. The highest BCUT2D eigenvalue weighted by atomic mass is 79.9. The first-order valence-corrected chi connectivity index (χ1v) is 14.4. The molecule has 39 heavy (non-hydrogen) atoms. The van der Waals surface area contributed by atoms with E-state index in [2.05, 4.69) is 22.9 Å². The molecule has 0 aliphatic carbocycles. The van der Waals surface area contributed by atoms with Crippen molar-refractivity contribution in [2.24, 2.45) is 5.92 Å². The molecule has 2 amide bonds. The molecular formula is C31H34BrClN2O4. The number of piperidine rings is 1. The van der Waals surface area contributed by atoms with Crippen molar-refractivity contribution in [3.63, 3.8) is 0 Å². The summed E-state index contributed by atoms with van der Waals surface area (Å²) in [5.41, 5.74) is 1.81. The summed E-state index contributed by atoms with van der Waals surface area (Å²) < 4.78 is 12.4. The van der Waals surface area contributed by atoms with Gasteiger partial charge >= 0.3 is 0 Å². The summed E-state index contributed by atoms with van der Waals surface area (Å²) in [5, 5.41) is 0.584. The number of nitrogens with zero attached hydrogens (tertiary/aromatic N) is 2. The van der Waals surface area contributed by atoms with Crippen molar-refractivity contribution in [1.29, 1.82) is 0 Å². The van der Waals surface area contributed by atoms with Gasteiger partial charge in [0.15, 0.2) is 0 Å². The molecule has 206 valence electrons. The molecule has 0 saturated carbocycles. The third-order valence-corrected chi connectivity index (χ3v) is 7.80. The van der Waals surface area contributed by atoms with Crippen molar-refractivity contribution in [2.75, 3.05) is 20.7 Å². The molecular weight excluding hydrogens is 580 g/mol. The van der Waals surface area contributed by atoms with Gasteiger partial charge < -0.3 is 19.3 Å². The molecule has 8 heteroatoms. The number of hydrogen-bond acceptors (Lipinski definition) is 4. The van der Waals surface area contributed by atoms with Crippen LogP contribution in [0.4, 0.5) is 0 Å². The standard InChI is InChI=1S/C31H34BrClN2O4/c1-4-5-17-35-29(36)16-15-27(30(35)21-10-13-25(38-3)14-11-21)31(37)34(2)20-22-9-12-23(32)18-28(22)39-26-8-6-7-24(33)19-26/h6-14,18-19,27,30H,4-5,15-17,20H2,1-3H3. The number of unbranched alkanes of at least 4 members (excludes halogenated alkanes) is 1. The van der Waals surface area contributed by atoms with Gasteiger partial charge in [-0.3, -0.25) is 9.59 Å². The minimum Gasteiger partial charge on any atom is -0.497 e. The van der Waals surface area contributed by atoms with Crippen LogP contribution in [0.15, 0.2) is 71.2 Å². The van der Waals surface area contributed by atoms with E-state index in [0.29, 0.717) is 42.5 Å². The van der Waals surface area contributed by atoms with Gasteiger partial charge in [-0.1, -0.05) is 65.1 Å². The molecule has 3 aromatic rings. The third kappa shape index (κ3) is 7.14. The van der Waals surface area contributed by atoms with E-state index in [1.54, 1.807) is 24.1 Å². The van der Waals surface area contributed by atoms with Gasteiger partial charge in [0, 0.05) is 41.6 Å². The number of benzene rings is 3. The van der Waals surface area contributed by atoms with Gasteiger partial charge in [0.1, 0.15) is 17.2 Å². The fraction of sp³-hybridized carbons (Fsp3) is 0.355. The van der Waals surface area contributed by atoms with Crippen LogP contribution in [0.1, 0.15) is 49.8 Å². The van der Waals surface area contributed by atoms with Gasteiger partial charge in [-0.2, -0.15) is 0 Å². The summed E-state index contributed by atoms with van der Waals surface area (Å²) in [6.07, 6.45) is 2.73. The van der Waals surface area contributed by atoms with Crippen LogP contribution < -0.4 is 9.47 Å². The Morgan fingerprint density at radius 2 is 1.87 bits per heavy atom. The highest BCUT2D eigenvalue weighted by Gasteiger charge is 2.41. The van der Waals surface area contributed by atoms with Gasteiger partial charge in [-0.25, -0.2) is 0 Å². The molecule has 0 radical (unpaired) electrons. The maximum atomic E-state index is 14.0. The summed E-state index contributed by atoms with van der Waals surface area (Å²) >= 11 is 9.68. The minimum atomic E-state index is -0.356. The van der Waals surface area contributed by atoms with Crippen LogP contribution in [0, 0.1) is 5.92 Å². The Hall–Kier alpha value is -3.03. The van der Waals surface area contributed by atoms with E-state index >= 15 is 0 Å². The van der Waals surface area contributed by atoms with Crippen molar-refractivity contribution in [2.45, 2.75) is 45.2 Å². The summed E-state index contributed by atoms with van der Waals surface area (Å²) in [6, 6.07) is 20.4. The zero-order valence-electron chi connectivity index (χ0n) is 22.5. The number of likely N-dealkylation sites (tertiary alicyclic amines) is 1. The lowest BCUT2D eigenvalue weighted by molar-refractivity contribution is -0.147. The predicted molar refractivity (Wildman–Crippen MR) is 157 cm³/mol. The Kier molecular flexibility index (Phi) is 9.92. The van der Waals surface area contributed by atoms with Gasteiger partial charge in [0.2, 0.25) is 11.8 Å². The number of halogens is 2. The molecule has 1 heterocycles. The first-order chi connectivity index (χ1) is 18.8. The quantitative estimate of drug-likeness (QED) is 0.236. The Bertz CT molecular complexity index is 1300. The van der Waals surface area contributed by atoms with Gasteiger partial charge in [0.25, 0.3) is 0 Å².